The number of aromatic nitrogens is 1. The number of aliphatic hydroxyl groups excluding tert-OH is 1. The quantitative estimate of drug-likeness (QED) is 0.796. The van der Waals surface area contributed by atoms with E-state index in [0.29, 0.717) is 18.7 Å². The third-order valence-corrected chi connectivity index (χ3v) is 4.40. The van der Waals surface area contributed by atoms with Crippen molar-refractivity contribution >= 4 is 6.09 Å². The summed E-state index contributed by atoms with van der Waals surface area (Å²) in [6.45, 7) is 2.59. The van der Waals surface area contributed by atoms with Crippen LogP contribution in [0.4, 0.5) is 4.79 Å². The van der Waals surface area contributed by atoms with Crippen LogP contribution in [0.1, 0.15) is 18.4 Å². The number of pyridine rings is 1. The fraction of sp³-hybridized carbons (Fsp3) is 0.562. The van der Waals surface area contributed by atoms with Gasteiger partial charge in [-0.2, -0.15) is 5.26 Å². The van der Waals surface area contributed by atoms with Crippen molar-refractivity contribution in [2.75, 3.05) is 32.8 Å². The molecule has 3 rings (SSSR count). The van der Waals surface area contributed by atoms with Crippen LogP contribution in [0.3, 0.4) is 0 Å². The monoisotopic (exact) mass is 332 g/mol. The number of carbonyl (C=O) groups excluding carboxylic acids is 1. The van der Waals surface area contributed by atoms with E-state index in [9.17, 15) is 9.90 Å². The van der Waals surface area contributed by atoms with Gasteiger partial charge in [0.05, 0.1) is 6.54 Å². The van der Waals surface area contributed by atoms with Gasteiger partial charge < -0.3 is 24.8 Å². The van der Waals surface area contributed by atoms with Crippen molar-refractivity contribution in [3.05, 3.63) is 23.9 Å². The number of hydrogen-bond donors (Lipinski definition) is 2. The fourth-order valence-electron chi connectivity index (χ4n) is 3.04. The Morgan fingerprint density at radius 2 is 2.33 bits per heavy atom. The number of aliphatic hydroxyl groups is 1. The highest BCUT2D eigenvalue weighted by Gasteiger charge is 2.42. The number of nitrogens with zero attached hydrogens (tertiary/aromatic N) is 3. The predicted molar refractivity (Wildman–Crippen MR) is 83.3 cm³/mol. The van der Waals surface area contributed by atoms with Crippen LogP contribution in [0, 0.1) is 11.3 Å². The summed E-state index contributed by atoms with van der Waals surface area (Å²) in [6, 6.07) is 5.29. The predicted octanol–water partition coefficient (Wildman–Crippen LogP) is 0.267. The number of nitrogens with one attached hydrogen (secondary N) is 1. The Morgan fingerprint density at radius 3 is 3.00 bits per heavy atom. The van der Waals surface area contributed by atoms with Gasteiger partial charge in [-0.1, -0.05) is 0 Å². The molecule has 0 radical (unpaired) electrons. The largest absolute Gasteiger partial charge is 0.474 e. The van der Waals surface area contributed by atoms with Gasteiger partial charge in [0.2, 0.25) is 5.88 Å². The van der Waals surface area contributed by atoms with Gasteiger partial charge in [0.1, 0.15) is 29.9 Å². The average Bonchev–Trinajstić information content (AvgIpc) is 2.96. The first kappa shape index (κ1) is 16.5. The van der Waals surface area contributed by atoms with Gasteiger partial charge in [-0.15, -0.1) is 0 Å². The zero-order chi connectivity index (χ0) is 17.0. The molecule has 24 heavy (non-hydrogen) atoms. The van der Waals surface area contributed by atoms with E-state index in [-0.39, 0.29) is 24.2 Å². The molecule has 8 nitrogen and oxygen atoms in total. The van der Waals surface area contributed by atoms with Crippen LogP contribution in [-0.2, 0) is 4.74 Å². The van der Waals surface area contributed by atoms with Crippen LogP contribution < -0.4 is 10.1 Å². The maximum atomic E-state index is 11.2. The minimum Gasteiger partial charge on any atom is -0.474 e. The summed E-state index contributed by atoms with van der Waals surface area (Å²) in [7, 11) is 0. The second kappa shape index (κ2) is 7.03. The summed E-state index contributed by atoms with van der Waals surface area (Å²) in [5, 5.41) is 21.8. The molecule has 8 heteroatoms. The van der Waals surface area contributed by atoms with Crippen molar-refractivity contribution in [2.24, 2.45) is 0 Å². The summed E-state index contributed by atoms with van der Waals surface area (Å²) in [5.41, 5.74) is -0.0369. The third-order valence-electron chi connectivity index (χ3n) is 4.40. The number of piperidine rings is 1. The lowest BCUT2D eigenvalue weighted by molar-refractivity contribution is -0.0144. The number of β-amino-alcohol motifs (C(OH)–C–C–N with tert-alkyl or cyclic N) is 1. The first-order valence-corrected chi connectivity index (χ1v) is 7.95. The molecule has 2 saturated heterocycles. The lowest BCUT2D eigenvalue weighted by atomic mass is 9.91. The Bertz CT molecular complexity index is 637. The fourth-order valence-corrected chi connectivity index (χ4v) is 3.04. The van der Waals surface area contributed by atoms with Crippen LogP contribution in [0.2, 0.25) is 0 Å². The second-order valence-corrected chi connectivity index (χ2v) is 6.16. The molecule has 1 aromatic heterocycles. The van der Waals surface area contributed by atoms with Crippen LogP contribution in [0.25, 0.3) is 0 Å². The first-order chi connectivity index (χ1) is 11.6. The number of nitriles is 1. The summed E-state index contributed by atoms with van der Waals surface area (Å²) in [4.78, 5) is 17.3. The molecule has 2 aliphatic rings. The molecule has 0 aromatic carbocycles. The van der Waals surface area contributed by atoms with Gasteiger partial charge in [0.15, 0.2) is 0 Å². The Labute approximate surface area is 140 Å². The molecule has 1 spiro atoms. The number of rotatable bonds is 5. The second-order valence-electron chi connectivity index (χ2n) is 6.16. The van der Waals surface area contributed by atoms with E-state index in [4.69, 9.17) is 14.7 Å². The molecule has 2 aliphatic heterocycles. The highest BCUT2D eigenvalue weighted by molar-refractivity contribution is 5.70. The number of alkyl carbamates (subject to hydrolysis) is 1. The van der Waals surface area contributed by atoms with Gasteiger partial charge in [0.25, 0.3) is 0 Å². The maximum Gasteiger partial charge on any atom is 0.407 e. The molecule has 1 amide bonds. The maximum absolute atomic E-state index is 11.2. The smallest absolute Gasteiger partial charge is 0.407 e. The zero-order valence-corrected chi connectivity index (χ0v) is 13.3. The number of hydrogen-bond acceptors (Lipinski definition) is 7. The molecule has 128 valence electrons. The Balaban J connectivity index is 1.44. The topological polar surface area (TPSA) is 108 Å². The minimum absolute atomic E-state index is 0.0733. The standard InChI is InChI=1S/C16H20N4O4/c17-8-12-2-1-5-18-14(12)23-10-13(21)9-20-6-3-16(4-7-20)11-19-15(22)24-16/h1-2,5,13,21H,3-4,6-7,9-11H2,(H,19,22). The van der Waals surface area contributed by atoms with Crippen molar-refractivity contribution in [1.29, 1.82) is 5.26 Å². The molecule has 0 aliphatic carbocycles. The molecule has 1 unspecified atom stereocenters. The Kier molecular flexibility index (Phi) is 4.83. The highest BCUT2D eigenvalue weighted by atomic mass is 16.6. The Morgan fingerprint density at radius 1 is 1.54 bits per heavy atom. The SMILES string of the molecule is N#Cc1cccnc1OCC(O)CN1CCC2(CC1)CNC(=O)O2. The van der Waals surface area contributed by atoms with E-state index in [1.165, 1.54) is 0 Å². The number of carbonyl (C=O) groups is 1. The number of amides is 1. The van der Waals surface area contributed by atoms with Gasteiger partial charge in [-0.3, -0.25) is 0 Å². The van der Waals surface area contributed by atoms with E-state index in [0.717, 1.165) is 25.9 Å². The summed E-state index contributed by atoms with van der Waals surface area (Å²) >= 11 is 0. The first-order valence-electron chi connectivity index (χ1n) is 7.95. The van der Waals surface area contributed by atoms with Crippen LogP contribution in [0.15, 0.2) is 18.3 Å². The van der Waals surface area contributed by atoms with Crippen molar-refractivity contribution in [2.45, 2.75) is 24.5 Å². The minimum atomic E-state index is -0.683. The number of ether oxygens (including phenoxy) is 2. The molecule has 2 N–H and O–H groups in total. The molecule has 3 heterocycles. The molecule has 1 atom stereocenters. The van der Waals surface area contributed by atoms with E-state index in [2.05, 4.69) is 15.2 Å². The molecular weight excluding hydrogens is 312 g/mol. The van der Waals surface area contributed by atoms with E-state index >= 15 is 0 Å². The van der Waals surface area contributed by atoms with Crippen molar-refractivity contribution in [1.82, 2.24) is 15.2 Å². The third kappa shape index (κ3) is 3.75. The molecule has 0 saturated carbocycles. The van der Waals surface area contributed by atoms with Crippen LogP contribution >= 0.6 is 0 Å². The van der Waals surface area contributed by atoms with E-state index in [1.807, 2.05) is 6.07 Å². The van der Waals surface area contributed by atoms with Crippen LogP contribution in [0.5, 0.6) is 5.88 Å². The molecule has 0 bridgehead atoms. The van der Waals surface area contributed by atoms with Gasteiger partial charge in [0, 0.05) is 38.7 Å². The summed E-state index contributed by atoms with van der Waals surface area (Å²) in [5.74, 6) is 0.237. The highest BCUT2D eigenvalue weighted by Crippen LogP contribution is 2.29. The van der Waals surface area contributed by atoms with Gasteiger partial charge in [-0.05, 0) is 12.1 Å². The molecular formula is C16H20N4O4. The Hall–Kier alpha value is -2.37. The lowest BCUT2D eigenvalue weighted by Gasteiger charge is -2.37. The van der Waals surface area contributed by atoms with Crippen LogP contribution in [-0.4, -0.2) is 65.6 Å². The molecule has 1 aromatic rings. The average molecular weight is 332 g/mol. The normalized spacial score (nSPS) is 20.9. The van der Waals surface area contributed by atoms with Gasteiger partial charge >= 0.3 is 6.09 Å². The van der Waals surface area contributed by atoms with E-state index in [1.54, 1.807) is 18.3 Å². The van der Waals surface area contributed by atoms with E-state index < -0.39 is 6.10 Å². The lowest BCUT2D eigenvalue weighted by Crippen LogP contribution is -2.49. The van der Waals surface area contributed by atoms with Crippen molar-refractivity contribution in [3.63, 3.8) is 0 Å². The number of likely N-dealkylation sites (tertiary alicyclic amines) is 1. The summed E-state index contributed by atoms with van der Waals surface area (Å²) in [6.07, 6.45) is 2.01. The van der Waals surface area contributed by atoms with Crippen molar-refractivity contribution < 1.29 is 19.4 Å². The van der Waals surface area contributed by atoms with Gasteiger partial charge in [-0.25, -0.2) is 9.78 Å². The summed E-state index contributed by atoms with van der Waals surface area (Å²) < 4.78 is 10.8. The van der Waals surface area contributed by atoms with Crippen molar-refractivity contribution in [3.8, 4) is 11.9 Å². The zero-order valence-electron chi connectivity index (χ0n) is 13.3. The molecule has 2 fully saturated rings.